The highest BCUT2D eigenvalue weighted by Crippen LogP contribution is 2.32. The lowest BCUT2D eigenvalue weighted by Gasteiger charge is -2.12. The number of rotatable bonds is 8. The lowest BCUT2D eigenvalue weighted by Crippen LogP contribution is -2.22. The van der Waals surface area contributed by atoms with Crippen molar-refractivity contribution in [1.29, 1.82) is 0 Å². The van der Waals surface area contributed by atoms with Crippen LogP contribution in [0, 0.1) is 0 Å². The van der Waals surface area contributed by atoms with E-state index in [1.54, 1.807) is 12.1 Å². The fraction of sp³-hybridized carbons (Fsp3) is 0.0870. The van der Waals surface area contributed by atoms with Crippen LogP contribution in [0.3, 0.4) is 0 Å². The number of aromatic amines is 1. The number of ether oxygens (including phenoxy) is 2. The fourth-order valence-electron chi connectivity index (χ4n) is 3.16. The second-order valence-corrected chi connectivity index (χ2v) is 8.40. The van der Waals surface area contributed by atoms with Gasteiger partial charge in [-0.2, -0.15) is 8.42 Å². The predicted octanol–water partition coefficient (Wildman–Crippen LogP) is 3.72. The lowest BCUT2D eigenvalue weighted by atomic mass is 10.2. The van der Waals surface area contributed by atoms with Gasteiger partial charge in [0.05, 0.1) is 5.69 Å². The Morgan fingerprint density at radius 1 is 0.906 bits per heavy atom. The molecule has 32 heavy (non-hydrogen) atoms. The summed E-state index contributed by atoms with van der Waals surface area (Å²) >= 11 is 0. The van der Waals surface area contributed by atoms with Crippen molar-refractivity contribution in [3.63, 3.8) is 0 Å². The Kier molecular flexibility index (Phi) is 6.11. The van der Waals surface area contributed by atoms with Gasteiger partial charge < -0.3 is 14.5 Å². The summed E-state index contributed by atoms with van der Waals surface area (Å²) < 4.78 is 36.7. The molecule has 0 amide bonds. The van der Waals surface area contributed by atoms with Gasteiger partial charge in [0.15, 0.2) is 0 Å². The highest BCUT2D eigenvalue weighted by molar-refractivity contribution is 7.90. The number of nitrogens with one attached hydrogen (secondary N) is 2. The molecule has 4 aromatic rings. The lowest BCUT2D eigenvalue weighted by molar-refractivity contribution is 0.0467. The van der Waals surface area contributed by atoms with E-state index in [1.165, 1.54) is 6.07 Å². The Hall–Kier alpha value is -3.82. The van der Waals surface area contributed by atoms with Gasteiger partial charge in [0.2, 0.25) is 0 Å². The van der Waals surface area contributed by atoms with Crippen LogP contribution in [0.1, 0.15) is 21.6 Å². The summed E-state index contributed by atoms with van der Waals surface area (Å²) in [6.07, 6.45) is 0. The standard InChI is InChI=1S/C23H21N3O5S/c24-32(28,29)26-20-13-19-18(12-22(20)30-14-16-7-3-1-4-8-16)11-21(25-19)23(27)31-15-17-9-5-2-6-10-17/h1-13,25-26H,14-15H2,(H2,24,28,29). The molecule has 0 unspecified atom stereocenters. The molecule has 0 saturated heterocycles. The van der Waals surface area contributed by atoms with E-state index in [4.69, 9.17) is 14.6 Å². The highest BCUT2D eigenvalue weighted by Gasteiger charge is 2.16. The SMILES string of the molecule is NS(=O)(=O)Nc1cc2[nH]c(C(=O)OCc3ccccc3)cc2cc1OCc1ccccc1. The van der Waals surface area contributed by atoms with E-state index in [2.05, 4.69) is 9.71 Å². The maximum Gasteiger partial charge on any atom is 0.355 e. The Labute approximate surface area is 185 Å². The number of anilines is 1. The summed E-state index contributed by atoms with van der Waals surface area (Å²) in [5, 5.41) is 5.81. The van der Waals surface area contributed by atoms with Crippen molar-refractivity contribution in [1.82, 2.24) is 4.98 Å². The Morgan fingerprint density at radius 2 is 1.53 bits per heavy atom. The van der Waals surface area contributed by atoms with Crippen LogP contribution in [0.25, 0.3) is 10.9 Å². The number of esters is 1. The van der Waals surface area contributed by atoms with Gasteiger partial charge in [0.25, 0.3) is 10.2 Å². The van der Waals surface area contributed by atoms with E-state index in [9.17, 15) is 13.2 Å². The monoisotopic (exact) mass is 451 g/mol. The van der Waals surface area contributed by atoms with Gasteiger partial charge in [-0.1, -0.05) is 60.7 Å². The first-order valence-corrected chi connectivity index (χ1v) is 11.3. The smallest absolute Gasteiger partial charge is 0.355 e. The molecule has 1 heterocycles. The number of nitrogens with two attached hydrogens (primary N) is 1. The molecule has 0 atom stereocenters. The van der Waals surface area contributed by atoms with Crippen molar-refractivity contribution in [2.45, 2.75) is 13.2 Å². The number of aromatic nitrogens is 1. The molecule has 0 bridgehead atoms. The summed E-state index contributed by atoms with van der Waals surface area (Å²) in [5.74, 6) is -0.253. The molecule has 1 aromatic heterocycles. The first kappa shape index (κ1) is 21.4. The minimum absolute atomic E-state index is 0.138. The van der Waals surface area contributed by atoms with E-state index in [1.807, 2.05) is 60.7 Å². The summed E-state index contributed by atoms with van der Waals surface area (Å²) in [7, 11) is -4.04. The molecule has 9 heteroatoms. The molecular formula is C23H21N3O5S. The second kappa shape index (κ2) is 9.13. The van der Waals surface area contributed by atoms with Crippen LogP contribution in [-0.4, -0.2) is 19.4 Å². The highest BCUT2D eigenvalue weighted by atomic mass is 32.2. The normalized spacial score (nSPS) is 11.3. The number of benzene rings is 3. The number of H-pyrrole nitrogens is 1. The van der Waals surface area contributed by atoms with E-state index in [-0.39, 0.29) is 30.3 Å². The zero-order valence-electron chi connectivity index (χ0n) is 16.9. The molecular weight excluding hydrogens is 430 g/mol. The van der Waals surface area contributed by atoms with E-state index in [0.29, 0.717) is 10.9 Å². The average Bonchev–Trinajstić information content (AvgIpc) is 3.19. The number of carbonyl (C=O) groups is 1. The molecule has 0 saturated carbocycles. The molecule has 4 N–H and O–H groups in total. The van der Waals surface area contributed by atoms with Gasteiger partial charge in [0.1, 0.15) is 24.7 Å². The molecule has 0 fully saturated rings. The third-order valence-electron chi connectivity index (χ3n) is 4.64. The molecule has 0 spiro atoms. The van der Waals surface area contributed by atoms with Gasteiger partial charge in [-0.25, -0.2) is 9.93 Å². The van der Waals surface area contributed by atoms with E-state index >= 15 is 0 Å². The topological polar surface area (TPSA) is 124 Å². The van der Waals surface area contributed by atoms with Crippen molar-refractivity contribution in [3.8, 4) is 5.75 Å². The summed E-state index contributed by atoms with van der Waals surface area (Å²) in [6.45, 7) is 0.362. The van der Waals surface area contributed by atoms with E-state index in [0.717, 1.165) is 11.1 Å². The van der Waals surface area contributed by atoms with Gasteiger partial charge in [-0.05, 0) is 29.3 Å². The van der Waals surface area contributed by atoms with Crippen LogP contribution >= 0.6 is 0 Å². The van der Waals surface area contributed by atoms with Gasteiger partial charge in [-0.15, -0.1) is 0 Å². The number of hydrogen-bond donors (Lipinski definition) is 3. The molecule has 4 rings (SSSR count). The predicted molar refractivity (Wildman–Crippen MR) is 121 cm³/mol. The van der Waals surface area contributed by atoms with Crippen LogP contribution in [0.5, 0.6) is 5.75 Å². The maximum absolute atomic E-state index is 12.5. The van der Waals surface area contributed by atoms with Crippen molar-refractivity contribution < 1.29 is 22.7 Å². The van der Waals surface area contributed by atoms with Crippen LogP contribution < -0.4 is 14.6 Å². The molecule has 8 nitrogen and oxygen atoms in total. The van der Waals surface area contributed by atoms with Crippen molar-refractivity contribution in [2.24, 2.45) is 5.14 Å². The van der Waals surface area contributed by atoms with Crippen molar-refractivity contribution in [2.75, 3.05) is 4.72 Å². The quantitative estimate of drug-likeness (QED) is 0.352. The summed E-state index contributed by atoms with van der Waals surface area (Å²) in [6, 6.07) is 23.5. The first-order chi connectivity index (χ1) is 15.4. The Balaban J connectivity index is 1.59. The van der Waals surface area contributed by atoms with E-state index < -0.39 is 16.2 Å². The molecule has 0 aliphatic carbocycles. The zero-order chi connectivity index (χ0) is 22.6. The third-order valence-corrected chi connectivity index (χ3v) is 5.15. The molecule has 0 aliphatic rings. The van der Waals surface area contributed by atoms with Crippen LogP contribution in [0.4, 0.5) is 5.69 Å². The van der Waals surface area contributed by atoms with Gasteiger partial charge >= 0.3 is 5.97 Å². The van der Waals surface area contributed by atoms with Crippen LogP contribution in [0.2, 0.25) is 0 Å². The molecule has 3 aromatic carbocycles. The largest absolute Gasteiger partial charge is 0.487 e. The van der Waals surface area contributed by atoms with Crippen LogP contribution in [-0.2, 0) is 28.2 Å². The summed E-state index contributed by atoms with van der Waals surface area (Å²) in [5.41, 5.74) is 2.69. The average molecular weight is 452 g/mol. The second-order valence-electron chi connectivity index (χ2n) is 7.10. The minimum Gasteiger partial charge on any atom is -0.487 e. The molecule has 0 aliphatic heterocycles. The van der Waals surface area contributed by atoms with Gasteiger partial charge in [-0.3, -0.25) is 4.72 Å². The number of fused-ring (bicyclic) bond motifs is 1. The minimum atomic E-state index is -4.04. The van der Waals surface area contributed by atoms with Crippen LogP contribution in [0.15, 0.2) is 78.9 Å². The third kappa shape index (κ3) is 5.45. The molecule has 0 radical (unpaired) electrons. The first-order valence-electron chi connectivity index (χ1n) is 9.72. The Bertz CT molecular complexity index is 1340. The molecule has 164 valence electrons. The zero-order valence-corrected chi connectivity index (χ0v) is 17.8. The van der Waals surface area contributed by atoms with Crippen molar-refractivity contribution in [3.05, 3.63) is 95.7 Å². The Morgan fingerprint density at radius 3 is 2.16 bits per heavy atom. The fourth-order valence-corrected chi connectivity index (χ4v) is 3.62. The summed E-state index contributed by atoms with van der Waals surface area (Å²) in [4.78, 5) is 15.4. The maximum atomic E-state index is 12.5. The van der Waals surface area contributed by atoms with Crippen molar-refractivity contribution >= 4 is 32.8 Å². The number of carbonyl (C=O) groups excluding carboxylic acids is 1. The number of hydrogen-bond acceptors (Lipinski definition) is 5. The van der Waals surface area contributed by atoms with Gasteiger partial charge in [0, 0.05) is 10.9 Å².